The Morgan fingerprint density at radius 2 is 1.96 bits per heavy atom. The highest BCUT2D eigenvalue weighted by atomic mass is 35.5. The van der Waals surface area contributed by atoms with Gasteiger partial charge in [0.05, 0.1) is 12.0 Å². The molecule has 7 nitrogen and oxygen atoms in total. The first-order valence-electron chi connectivity index (χ1n) is 8.49. The Bertz CT molecular complexity index is 895. The Kier molecular flexibility index (Phi) is 7.17. The topological polar surface area (TPSA) is 76.8 Å². The number of benzene rings is 1. The number of hydrogen-bond acceptors (Lipinski definition) is 4. The number of nitrogens with zero attached hydrogens (tertiary/aromatic N) is 4. The third-order valence-corrected chi connectivity index (χ3v) is 4.78. The fourth-order valence-corrected chi connectivity index (χ4v) is 3.37. The summed E-state index contributed by atoms with van der Waals surface area (Å²) >= 11 is 0. The Balaban J connectivity index is 0.00000140. The lowest BCUT2D eigenvalue weighted by atomic mass is 9.87. The van der Waals surface area contributed by atoms with Gasteiger partial charge in [-0.1, -0.05) is 0 Å². The molecular weight excluding hydrogens is 406 g/mol. The van der Waals surface area contributed by atoms with Gasteiger partial charge in [-0.3, -0.25) is 9.48 Å². The third-order valence-electron chi connectivity index (χ3n) is 4.78. The molecule has 1 amide bonds. The molecule has 1 fully saturated rings. The molecule has 0 unspecified atom stereocenters. The van der Waals surface area contributed by atoms with Gasteiger partial charge in [-0.15, -0.1) is 24.8 Å². The van der Waals surface area contributed by atoms with Gasteiger partial charge in [0.1, 0.15) is 11.4 Å². The monoisotopic (exact) mass is 426 g/mol. The number of halogens is 3. The second kappa shape index (κ2) is 9.18. The first-order chi connectivity index (χ1) is 12.7. The highest BCUT2D eigenvalue weighted by molar-refractivity contribution is 5.96. The van der Waals surface area contributed by atoms with Crippen LogP contribution in [0.5, 0.6) is 0 Å². The van der Waals surface area contributed by atoms with Crippen molar-refractivity contribution in [3.63, 3.8) is 0 Å². The van der Waals surface area contributed by atoms with Crippen molar-refractivity contribution in [3.8, 4) is 5.69 Å². The van der Waals surface area contributed by atoms with Gasteiger partial charge in [0.2, 0.25) is 0 Å². The van der Waals surface area contributed by atoms with Crippen molar-refractivity contribution in [2.45, 2.75) is 18.4 Å². The van der Waals surface area contributed by atoms with Crippen LogP contribution < -0.4 is 10.6 Å². The molecule has 1 aromatic carbocycles. The molecule has 0 spiro atoms. The maximum atomic E-state index is 14.4. The van der Waals surface area contributed by atoms with Crippen molar-refractivity contribution in [3.05, 3.63) is 61.2 Å². The SMILES string of the molecule is Cl.Cl.O=C(Nc1ccc(-n2ccnc2)c(F)c1)C1(n2cccn2)CCNCC1. The van der Waals surface area contributed by atoms with E-state index in [1.54, 1.807) is 52.2 Å². The second-order valence-electron chi connectivity index (χ2n) is 6.32. The highest BCUT2D eigenvalue weighted by Crippen LogP contribution is 2.29. The van der Waals surface area contributed by atoms with Crippen molar-refractivity contribution < 1.29 is 9.18 Å². The lowest BCUT2D eigenvalue weighted by molar-refractivity contribution is -0.126. The third kappa shape index (κ3) is 4.04. The quantitative estimate of drug-likeness (QED) is 0.672. The fourth-order valence-electron chi connectivity index (χ4n) is 3.37. The number of imidazole rings is 1. The molecule has 0 radical (unpaired) electrons. The minimum absolute atomic E-state index is 0. The van der Waals surface area contributed by atoms with Crippen LogP contribution in [-0.2, 0) is 10.3 Å². The van der Waals surface area contributed by atoms with E-state index in [-0.39, 0.29) is 30.7 Å². The molecule has 0 saturated carbocycles. The molecular formula is C18H21Cl2FN6O. The molecule has 28 heavy (non-hydrogen) atoms. The van der Waals surface area contributed by atoms with Crippen LogP contribution in [0.25, 0.3) is 5.69 Å². The standard InChI is InChI=1S/C18H19FN6O.2ClH/c19-15-12-14(2-3-16(15)24-11-9-21-13-24)23-17(26)18(4-7-20-8-5-18)25-10-1-6-22-25;;/h1-3,6,9-13,20H,4-5,7-8H2,(H,23,26);2*1H. The largest absolute Gasteiger partial charge is 0.324 e. The molecule has 1 aliphatic rings. The molecule has 3 heterocycles. The summed E-state index contributed by atoms with van der Waals surface area (Å²) in [6.07, 6.45) is 9.48. The summed E-state index contributed by atoms with van der Waals surface area (Å²) < 4.78 is 17.7. The molecule has 2 aromatic heterocycles. The minimum atomic E-state index is -0.770. The summed E-state index contributed by atoms with van der Waals surface area (Å²) in [5, 5.41) is 10.4. The smallest absolute Gasteiger partial charge is 0.252 e. The van der Waals surface area contributed by atoms with Gasteiger partial charge in [-0.25, -0.2) is 9.37 Å². The summed E-state index contributed by atoms with van der Waals surface area (Å²) in [7, 11) is 0. The van der Waals surface area contributed by atoms with Gasteiger partial charge in [-0.2, -0.15) is 5.10 Å². The molecule has 0 bridgehead atoms. The number of rotatable bonds is 4. The van der Waals surface area contributed by atoms with E-state index in [4.69, 9.17) is 0 Å². The molecule has 1 aliphatic heterocycles. The van der Waals surface area contributed by atoms with E-state index >= 15 is 0 Å². The van der Waals surface area contributed by atoms with Gasteiger partial charge in [0.25, 0.3) is 5.91 Å². The molecule has 150 valence electrons. The molecule has 0 atom stereocenters. The molecule has 0 aliphatic carbocycles. The van der Waals surface area contributed by atoms with E-state index in [9.17, 15) is 9.18 Å². The zero-order valence-electron chi connectivity index (χ0n) is 14.9. The molecule has 10 heteroatoms. The fraction of sp³-hybridized carbons (Fsp3) is 0.278. The van der Waals surface area contributed by atoms with Crippen LogP contribution >= 0.6 is 24.8 Å². The second-order valence-corrected chi connectivity index (χ2v) is 6.32. The number of hydrogen-bond donors (Lipinski definition) is 2. The van der Waals surface area contributed by atoms with Crippen LogP contribution in [0.4, 0.5) is 10.1 Å². The number of piperidine rings is 1. The molecule has 3 aromatic rings. The van der Waals surface area contributed by atoms with E-state index < -0.39 is 11.4 Å². The summed E-state index contributed by atoms with van der Waals surface area (Å²) in [5.41, 5.74) is 0.0272. The van der Waals surface area contributed by atoms with Gasteiger partial charge < -0.3 is 15.2 Å². The number of amides is 1. The lowest BCUT2D eigenvalue weighted by Gasteiger charge is -2.36. The predicted octanol–water partition coefficient (Wildman–Crippen LogP) is 2.77. The zero-order valence-corrected chi connectivity index (χ0v) is 16.5. The normalized spacial score (nSPS) is 15.2. The average Bonchev–Trinajstić information content (AvgIpc) is 3.36. The predicted molar refractivity (Wildman–Crippen MR) is 109 cm³/mol. The number of nitrogens with one attached hydrogen (secondary N) is 2. The number of carbonyl (C=O) groups excluding carboxylic acids is 1. The molecule has 4 rings (SSSR count). The van der Waals surface area contributed by atoms with Crippen LogP contribution in [0.3, 0.4) is 0 Å². The summed E-state index contributed by atoms with van der Waals surface area (Å²) in [5.74, 6) is -0.614. The summed E-state index contributed by atoms with van der Waals surface area (Å²) in [6, 6.07) is 6.44. The first kappa shape index (κ1) is 21.9. The van der Waals surface area contributed by atoms with Crippen LogP contribution in [0.15, 0.2) is 55.4 Å². The first-order valence-corrected chi connectivity index (χ1v) is 8.49. The Morgan fingerprint density at radius 1 is 1.18 bits per heavy atom. The van der Waals surface area contributed by atoms with Crippen molar-refractivity contribution in [1.82, 2.24) is 24.6 Å². The van der Waals surface area contributed by atoms with Crippen molar-refractivity contribution >= 4 is 36.4 Å². The van der Waals surface area contributed by atoms with Crippen molar-refractivity contribution in [2.75, 3.05) is 18.4 Å². The zero-order chi connectivity index (χ0) is 18.0. The molecule has 2 N–H and O–H groups in total. The Morgan fingerprint density at radius 3 is 2.57 bits per heavy atom. The maximum absolute atomic E-state index is 14.4. The van der Waals surface area contributed by atoms with Gasteiger partial charge >= 0.3 is 0 Å². The minimum Gasteiger partial charge on any atom is -0.324 e. The van der Waals surface area contributed by atoms with Gasteiger partial charge in [0, 0.05) is 30.5 Å². The number of aromatic nitrogens is 4. The van der Waals surface area contributed by atoms with Gasteiger partial charge in [-0.05, 0) is 50.2 Å². The van der Waals surface area contributed by atoms with E-state index in [0.717, 1.165) is 13.1 Å². The lowest BCUT2D eigenvalue weighted by Crippen LogP contribution is -2.52. The van der Waals surface area contributed by atoms with Crippen LogP contribution in [0, 0.1) is 5.82 Å². The van der Waals surface area contributed by atoms with E-state index in [0.29, 0.717) is 24.2 Å². The van der Waals surface area contributed by atoms with Crippen molar-refractivity contribution in [2.24, 2.45) is 0 Å². The summed E-state index contributed by atoms with van der Waals surface area (Å²) in [4.78, 5) is 17.0. The Hall–Kier alpha value is -2.42. The van der Waals surface area contributed by atoms with Crippen LogP contribution in [0.2, 0.25) is 0 Å². The van der Waals surface area contributed by atoms with E-state index in [1.807, 2.05) is 0 Å². The number of anilines is 1. The van der Waals surface area contributed by atoms with Crippen molar-refractivity contribution in [1.29, 1.82) is 0 Å². The van der Waals surface area contributed by atoms with E-state index in [1.165, 1.54) is 12.4 Å². The number of carbonyl (C=O) groups is 1. The average molecular weight is 427 g/mol. The highest BCUT2D eigenvalue weighted by Gasteiger charge is 2.42. The molecule has 1 saturated heterocycles. The van der Waals surface area contributed by atoms with Gasteiger partial charge in [0.15, 0.2) is 0 Å². The maximum Gasteiger partial charge on any atom is 0.252 e. The van der Waals surface area contributed by atoms with E-state index in [2.05, 4.69) is 20.7 Å². The van der Waals surface area contributed by atoms with Crippen LogP contribution in [-0.4, -0.2) is 38.3 Å². The summed E-state index contributed by atoms with van der Waals surface area (Å²) in [6.45, 7) is 1.45. The van der Waals surface area contributed by atoms with Crippen LogP contribution in [0.1, 0.15) is 12.8 Å². The Labute approximate surface area is 174 Å².